The third kappa shape index (κ3) is 3.56. The molecule has 21 heavy (non-hydrogen) atoms. The average Bonchev–Trinajstić information content (AvgIpc) is 2.57. The Bertz CT molecular complexity index is 545. The average molecular weight is 282 g/mol. The maximum atomic E-state index is 5.83. The molecule has 1 saturated heterocycles. The molecule has 2 aromatic rings. The highest BCUT2D eigenvalue weighted by Crippen LogP contribution is 2.25. The molecule has 1 fully saturated rings. The summed E-state index contributed by atoms with van der Waals surface area (Å²) in [5, 5.41) is 3.37. The molecule has 1 aliphatic heterocycles. The Morgan fingerprint density at radius 3 is 2.14 bits per heavy atom. The lowest BCUT2D eigenvalue weighted by Crippen LogP contribution is -2.41. The molecule has 1 aliphatic rings. The molecular formula is C18H22N2O. The summed E-state index contributed by atoms with van der Waals surface area (Å²) >= 11 is 0. The molecule has 3 heteroatoms. The van der Waals surface area contributed by atoms with E-state index in [0.717, 1.165) is 24.6 Å². The molecule has 0 saturated carbocycles. The van der Waals surface area contributed by atoms with E-state index in [4.69, 9.17) is 4.74 Å². The minimum absolute atomic E-state index is 0.668. The molecule has 0 aromatic heterocycles. The number of benzene rings is 2. The van der Waals surface area contributed by atoms with Gasteiger partial charge in [-0.1, -0.05) is 18.2 Å². The lowest BCUT2D eigenvalue weighted by Gasteiger charge is -2.33. The highest BCUT2D eigenvalue weighted by Gasteiger charge is 2.17. The van der Waals surface area contributed by atoms with Crippen molar-refractivity contribution in [3.63, 3.8) is 0 Å². The van der Waals surface area contributed by atoms with Crippen LogP contribution in [0.4, 0.5) is 5.69 Å². The van der Waals surface area contributed by atoms with Crippen LogP contribution in [0.3, 0.4) is 0 Å². The summed E-state index contributed by atoms with van der Waals surface area (Å²) in [6, 6.07) is 19.0. The fourth-order valence-electron chi connectivity index (χ4n) is 2.78. The van der Waals surface area contributed by atoms with E-state index in [1.807, 2.05) is 42.5 Å². The maximum Gasteiger partial charge on any atom is 0.127 e. The van der Waals surface area contributed by atoms with E-state index in [0.29, 0.717) is 6.04 Å². The van der Waals surface area contributed by atoms with E-state index in [1.54, 1.807) is 0 Å². The molecule has 0 unspecified atom stereocenters. The fourth-order valence-corrected chi connectivity index (χ4v) is 2.78. The van der Waals surface area contributed by atoms with Crippen molar-refractivity contribution in [2.24, 2.45) is 0 Å². The third-order valence-corrected chi connectivity index (χ3v) is 4.08. The standard InChI is InChI=1S/C18H22N2O/c1-19-15-11-13-20(14-12-15)16-7-9-18(10-8-16)21-17-5-3-2-4-6-17/h2-10,15,19H,11-14H2,1H3. The zero-order valence-electron chi connectivity index (χ0n) is 12.5. The van der Waals surface area contributed by atoms with Crippen molar-refractivity contribution in [1.82, 2.24) is 5.32 Å². The van der Waals surface area contributed by atoms with Crippen LogP contribution < -0.4 is 15.0 Å². The minimum atomic E-state index is 0.668. The van der Waals surface area contributed by atoms with Crippen molar-refractivity contribution < 1.29 is 4.74 Å². The van der Waals surface area contributed by atoms with E-state index in [-0.39, 0.29) is 0 Å². The number of nitrogens with one attached hydrogen (secondary N) is 1. The third-order valence-electron chi connectivity index (χ3n) is 4.08. The molecule has 0 radical (unpaired) electrons. The Morgan fingerprint density at radius 1 is 0.905 bits per heavy atom. The minimum Gasteiger partial charge on any atom is -0.457 e. The van der Waals surface area contributed by atoms with Crippen molar-refractivity contribution in [3.8, 4) is 11.5 Å². The Balaban J connectivity index is 1.62. The largest absolute Gasteiger partial charge is 0.457 e. The predicted molar refractivity (Wildman–Crippen MR) is 87.3 cm³/mol. The fraction of sp³-hybridized carbons (Fsp3) is 0.333. The topological polar surface area (TPSA) is 24.5 Å². The second kappa shape index (κ2) is 6.64. The first-order valence-corrected chi connectivity index (χ1v) is 7.60. The van der Waals surface area contributed by atoms with Gasteiger partial charge in [0.1, 0.15) is 11.5 Å². The number of hydrogen-bond donors (Lipinski definition) is 1. The van der Waals surface area contributed by atoms with Crippen LogP contribution in [0.15, 0.2) is 54.6 Å². The molecule has 2 aromatic carbocycles. The van der Waals surface area contributed by atoms with Crippen LogP contribution >= 0.6 is 0 Å². The van der Waals surface area contributed by atoms with E-state index < -0.39 is 0 Å². The Hall–Kier alpha value is -2.00. The molecule has 0 aliphatic carbocycles. The van der Waals surface area contributed by atoms with Gasteiger partial charge in [-0.15, -0.1) is 0 Å². The highest BCUT2D eigenvalue weighted by atomic mass is 16.5. The second-order valence-electron chi connectivity index (χ2n) is 5.46. The summed E-state index contributed by atoms with van der Waals surface area (Å²) in [4.78, 5) is 2.44. The zero-order valence-corrected chi connectivity index (χ0v) is 12.5. The molecule has 0 atom stereocenters. The second-order valence-corrected chi connectivity index (χ2v) is 5.46. The van der Waals surface area contributed by atoms with E-state index in [9.17, 15) is 0 Å². The summed E-state index contributed by atoms with van der Waals surface area (Å²) in [5.41, 5.74) is 1.28. The maximum absolute atomic E-state index is 5.83. The molecule has 0 bridgehead atoms. The van der Waals surface area contributed by atoms with Crippen LogP contribution in [0, 0.1) is 0 Å². The smallest absolute Gasteiger partial charge is 0.127 e. The number of para-hydroxylation sites is 1. The van der Waals surface area contributed by atoms with Crippen LogP contribution in [-0.2, 0) is 0 Å². The van der Waals surface area contributed by atoms with Gasteiger partial charge >= 0.3 is 0 Å². The molecule has 3 nitrogen and oxygen atoms in total. The summed E-state index contributed by atoms with van der Waals surface area (Å²) in [6.45, 7) is 2.23. The van der Waals surface area contributed by atoms with Crippen LogP contribution in [0.2, 0.25) is 0 Å². The van der Waals surface area contributed by atoms with Crippen LogP contribution in [0.5, 0.6) is 11.5 Å². The number of piperidine rings is 1. The van der Waals surface area contributed by atoms with E-state index in [1.165, 1.54) is 18.5 Å². The van der Waals surface area contributed by atoms with E-state index in [2.05, 4.69) is 29.4 Å². The van der Waals surface area contributed by atoms with Gasteiger partial charge < -0.3 is 15.0 Å². The predicted octanol–water partition coefficient (Wildman–Crippen LogP) is 3.67. The molecule has 3 rings (SSSR count). The first-order valence-electron chi connectivity index (χ1n) is 7.60. The molecule has 110 valence electrons. The van der Waals surface area contributed by atoms with Crippen LogP contribution in [0.1, 0.15) is 12.8 Å². The van der Waals surface area contributed by atoms with Gasteiger partial charge in [0.25, 0.3) is 0 Å². The number of hydrogen-bond acceptors (Lipinski definition) is 3. The molecule has 1 N–H and O–H groups in total. The summed E-state index contributed by atoms with van der Waals surface area (Å²) in [7, 11) is 2.05. The lowest BCUT2D eigenvalue weighted by molar-refractivity contribution is 0.442. The lowest BCUT2D eigenvalue weighted by atomic mass is 10.0. The normalized spacial score (nSPS) is 16.0. The van der Waals surface area contributed by atoms with E-state index >= 15 is 0 Å². The summed E-state index contributed by atoms with van der Waals surface area (Å²) < 4.78 is 5.83. The van der Waals surface area contributed by atoms with Crippen molar-refractivity contribution in [2.45, 2.75) is 18.9 Å². The first-order chi connectivity index (χ1) is 10.3. The monoisotopic (exact) mass is 282 g/mol. The molecule has 0 spiro atoms. The number of rotatable bonds is 4. The Labute approximate surface area is 126 Å². The van der Waals surface area contributed by atoms with Crippen LogP contribution in [0.25, 0.3) is 0 Å². The Kier molecular flexibility index (Phi) is 4.41. The summed E-state index contributed by atoms with van der Waals surface area (Å²) in [5.74, 6) is 1.76. The first kappa shape index (κ1) is 14.0. The number of anilines is 1. The van der Waals surface area contributed by atoms with Gasteiger partial charge in [-0.25, -0.2) is 0 Å². The highest BCUT2D eigenvalue weighted by molar-refractivity contribution is 5.50. The van der Waals surface area contributed by atoms with Gasteiger partial charge in [-0.2, -0.15) is 0 Å². The molecular weight excluding hydrogens is 260 g/mol. The SMILES string of the molecule is CNC1CCN(c2ccc(Oc3ccccc3)cc2)CC1. The number of nitrogens with zero attached hydrogens (tertiary/aromatic N) is 1. The number of ether oxygens (including phenoxy) is 1. The van der Waals surface area contributed by atoms with Gasteiger partial charge in [0, 0.05) is 24.8 Å². The van der Waals surface area contributed by atoms with Crippen molar-refractivity contribution in [3.05, 3.63) is 54.6 Å². The Morgan fingerprint density at radius 2 is 1.52 bits per heavy atom. The quantitative estimate of drug-likeness (QED) is 0.926. The van der Waals surface area contributed by atoms with Gasteiger partial charge in [-0.3, -0.25) is 0 Å². The van der Waals surface area contributed by atoms with Gasteiger partial charge in [0.05, 0.1) is 0 Å². The zero-order chi connectivity index (χ0) is 14.5. The van der Waals surface area contributed by atoms with Crippen molar-refractivity contribution >= 4 is 5.69 Å². The molecule has 0 amide bonds. The van der Waals surface area contributed by atoms with Gasteiger partial charge in [-0.05, 0) is 56.3 Å². The summed E-state index contributed by atoms with van der Waals surface area (Å²) in [6.07, 6.45) is 2.41. The van der Waals surface area contributed by atoms with Crippen LogP contribution in [-0.4, -0.2) is 26.2 Å². The van der Waals surface area contributed by atoms with Gasteiger partial charge in [0.15, 0.2) is 0 Å². The van der Waals surface area contributed by atoms with Crippen molar-refractivity contribution in [1.29, 1.82) is 0 Å². The van der Waals surface area contributed by atoms with Gasteiger partial charge in [0.2, 0.25) is 0 Å². The molecule has 1 heterocycles. The van der Waals surface area contributed by atoms with Crippen molar-refractivity contribution in [2.75, 3.05) is 25.0 Å².